The zero-order valence-electron chi connectivity index (χ0n) is 16.0. The van der Waals surface area contributed by atoms with Crippen LogP contribution < -0.4 is 14.2 Å². The van der Waals surface area contributed by atoms with Crippen LogP contribution >= 0.6 is 0 Å². The summed E-state index contributed by atoms with van der Waals surface area (Å²) in [6, 6.07) is 14.0. The number of nitrogens with zero attached hydrogens (tertiary/aromatic N) is 1. The molecule has 0 bridgehead atoms. The lowest BCUT2D eigenvalue weighted by molar-refractivity contribution is -0.130. The number of amides is 1. The van der Waals surface area contributed by atoms with Gasteiger partial charge in [-0.2, -0.15) is 0 Å². The Morgan fingerprint density at radius 3 is 2.19 bits per heavy atom. The Labute approximate surface area is 160 Å². The first-order chi connectivity index (χ1) is 13.2. The lowest BCUT2D eigenvalue weighted by Crippen LogP contribution is -2.35. The van der Waals surface area contributed by atoms with Crippen molar-refractivity contribution in [2.45, 2.75) is 12.8 Å². The summed E-state index contributed by atoms with van der Waals surface area (Å²) < 4.78 is 16.1. The predicted octanol–water partition coefficient (Wildman–Crippen LogP) is 3.57. The quantitative estimate of drug-likeness (QED) is 0.783. The van der Waals surface area contributed by atoms with Gasteiger partial charge in [-0.25, -0.2) is 0 Å². The van der Waals surface area contributed by atoms with Gasteiger partial charge in [-0.3, -0.25) is 4.79 Å². The minimum absolute atomic E-state index is 0.0904. The number of rotatable bonds is 6. The van der Waals surface area contributed by atoms with Crippen molar-refractivity contribution in [3.8, 4) is 17.2 Å². The monoisotopic (exact) mass is 367 g/mol. The number of hydrogen-bond donors (Lipinski definition) is 0. The topological polar surface area (TPSA) is 48.0 Å². The zero-order valence-corrected chi connectivity index (χ0v) is 16.0. The molecule has 0 fully saturated rings. The second-order valence-corrected chi connectivity index (χ2v) is 6.40. The highest BCUT2D eigenvalue weighted by Gasteiger charge is 2.20. The maximum atomic E-state index is 12.7. The molecule has 0 saturated carbocycles. The van der Waals surface area contributed by atoms with E-state index in [4.69, 9.17) is 14.2 Å². The van der Waals surface area contributed by atoms with Gasteiger partial charge in [0.05, 0.1) is 27.8 Å². The molecule has 5 nitrogen and oxygen atoms in total. The molecule has 2 aromatic rings. The van der Waals surface area contributed by atoms with Crippen LogP contribution in [0.1, 0.15) is 17.5 Å². The minimum Gasteiger partial charge on any atom is -0.493 e. The molecule has 0 atom stereocenters. The summed E-state index contributed by atoms with van der Waals surface area (Å²) in [6.45, 7) is 1.36. The Balaban J connectivity index is 1.70. The van der Waals surface area contributed by atoms with E-state index in [-0.39, 0.29) is 5.91 Å². The van der Waals surface area contributed by atoms with Gasteiger partial charge < -0.3 is 19.1 Å². The summed E-state index contributed by atoms with van der Waals surface area (Å²) in [5.41, 5.74) is 3.37. The first kappa shape index (κ1) is 18.8. The van der Waals surface area contributed by atoms with Gasteiger partial charge in [0.1, 0.15) is 0 Å². The fraction of sp³-hybridized carbons (Fsp3) is 0.318. The molecule has 0 aliphatic carbocycles. The van der Waals surface area contributed by atoms with Crippen molar-refractivity contribution >= 4 is 11.5 Å². The molecule has 1 aliphatic heterocycles. The Morgan fingerprint density at radius 2 is 1.67 bits per heavy atom. The summed E-state index contributed by atoms with van der Waals surface area (Å²) in [5.74, 6) is 1.74. The highest BCUT2D eigenvalue weighted by Crippen LogP contribution is 2.38. The predicted molar refractivity (Wildman–Crippen MR) is 105 cm³/mol. The van der Waals surface area contributed by atoms with Crippen LogP contribution in [0, 0.1) is 0 Å². The summed E-state index contributed by atoms with van der Waals surface area (Å²) in [7, 11) is 4.71. The van der Waals surface area contributed by atoms with Crippen LogP contribution in [0.25, 0.3) is 5.57 Å². The SMILES string of the molecule is COc1cc(CC(=O)N2CC=C(c3ccccc3)CC2)cc(OC)c1OC. The molecule has 0 spiro atoms. The van der Waals surface area contributed by atoms with Crippen LogP contribution in [0.3, 0.4) is 0 Å². The van der Waals surface area contributed by atoms with Crippen molar-refractivity contribution in [2.24, 2.45) is 0 Å². The van der Waals surface area contributed by atoms with E-state index in [9.17, 15) is 4.79 Å². The highest BCUT2D eigenvalue weighted by atomic mass is 16.5. The van der Waals surface area contributed by atoms with Crippen molar-refractivity contribution in [1.82, 2.24) is 4.90 Å². The fourth-order valence-corrected chi connectivity index (χ4v) is 3.33. The molecule has 2 aromatic carbocycles. The molecular formula is C22H25NO4. The Bertz CT molecular complexity index is 804. The molecular weight excluding hydrogens is 342 g/mol. The molecule has 1 amide bonds. The minimum atomic E-state index is 0.0904. The molecule has 27 heavy (non-hydrogen) atoms. The standard InChI is InChI=1S/C22H25NO4/c1-25-19-13-16(14-20(26-2)22(19)27-3)15-21(24)23-11-9-18(10-12-23)17-7-5-4-6-8-17/h4-9,13-14H,10-12,15H2,1-3H3. The third-order valence-corrected chi connectivity index (χ3v) is 4.79. The summed E-state index contributed by atoms with van der Waals surface area (Å²) >= 11 is 0. The molecule has 5 heteroatoms. The van der Waals surface area contributed by atoms with E-state index in [1.165, 1.54) is 11.1 Å². The van der Waals surface area contributed by atoms with Gasteiger partial charge in [-0.05, 0) is 35.3 Å². The molecule has 142 valence electrons. The van der Waals surface area contributed by atoms with E-state index >= 15 is 0 Å². The third kappa shape index (κ3) is 4.25. The summed E-state index contributed by atoms with van der Waals surface area (Å²) in [4.78, 5) is 14.6. The molecule has 1 heterocycles. The molecule has 0 aromatic heterocycles. The van der Waals surface area contributed by atoms with E-state index in [1.54, 1.807) is 21.3 Å². The summed E-state index contributed by atoms with van der Waals surface area (Å²) in [6.07, 6.45) is 3.31. The molecule has 0 saturated heterocycles. The number of carbonyl (C=O) groups is 1. The first-order valence-electron chi connectivity index (χ1n) is 8.97. The van der Waals surface area contributed by atoms with Crippen LogP contribution in [0.15, 0.2) is 48.5 Å². The van der Waals surface area contributed by atoms with Crippen molar-refractivity contribution < 1.29 is 19.0 Å². The smallest absolute Gasteiger partial charge is 0.227 e. The van der Waals surface area contributed by atoms with Crippen molar-refractivity contribution in [3.05, 3.63) is 59.7 Å². The molecule has 0 unspecified atom stereocenters. The number of hydrogen-bond acceptors (Lipinski definition) is 4. The van der Waals surface area contributed by atoms with Crippen LogP contribution in [0.4, 0.5) is 0 Å². The molecule has 0 N–H and O–H groups in total. The van der Waals surface area contributed by atoms with Gasteiger partial charge >= 0.3 is 0 Å². The van der Waals surface area contributed by atoms with Gasteiger partial charge in [0, 0.05) is 13.1 Å². The maximum Gasteiger partial charge on any atom is 0.227 e. The number of benzene rings is 2. The number of ether oxygens (including phenoxy) is 3. The Hall–Kier alpha value is -2.95. The molecule has 1 aliphatic rings. The van der Waals surface area contributed by atoms with E-state index in [0.717, 1.165) is 18.5 Å². The van der Waals surface area contributed by atoms with Crippen molar-refractivity contribution in [2.75, 3.05) is 34.4 Å². The van der Waals surface area contributed by atoms with E-state index in [0.29, 0.717) is 30.2 Å². The average molecular weight is 367 g/mol. The Kier molecular flexibility index (Phi) is 6.01. The van der Waals surface area contributed by atoms with Crippen LogP contribution in [0.5, 0.6) is 17.2 Å². The van der Waals surface area contributed by atoms with E-state index in [2.05, 4.69) is 18.2 Å². The second-order valence-electron chi connectivity index (χ2n) is 6.40. The zero-order chi connectivity index (χ0) is 19.2. The van der Waals surface area contributed by atoms with Gasteiger partial charge in [-0.15, -0.1) is 0 Å². The first-order valence-corrected chi connectivity index (χ1v) is 8.97. The molecule has 3 rings (SSSR count). The lowest BCUT2D eigenvalue weighted by Gasteiger charge is -2.27. The largest absolute Gasteiger partial charge is 0.493 e. The Morgan fingerprint density at radius 1 is 1.00 bits per heavy atom. The van der Waals surface area contributed by atoms with Gasteiger partial charge in [0.25, 0.3) is 0 Å². The number of methoxy groups -OCH3 is 3. The van der Waals surface area contributed by atoms with Gasteiger partial charge in [-0.1, -0.05) is 36.4 Å². The van der Waals surface area contributed by atoms with Crippen LogP contribution in [-0.2, 0) is 11.2 Å². The average Bonchev–Trinajstić information content (AvgIpc) is 2.73. The van der Waals surface area contributed by atoms with Crippen LogP contribution in [-0.4, -0.2) is 45.2 Å². The van der Waals surface area contributed by atoms with Gasteiger partial charge in [0.2, 0.25) is 11.7 Å². The van der Waals surface area contributed by atoms with Crippen molar-refractivity contribution in [3.63, 3.8) is 0 Å². The molecule has 0 radical (unpaired) electrons. The normalized spacial score (nSPS) is 13.7. The fourth-order valence-electron chi connectivity index (χ4n) is 3.33. The lowest BCUT2D eigenvalue weighted by atomic mass is 9.99. The van der Waals surface area contributed by atoms with E-state index in [1.807, 2.05) is 35.2 Å². The highest BCUT2D eigenvalue weighted by molar-refractivity contribution is 5.81. The second kappa shape index (κ2) is 8.62. The maximum absolute atomic E-state index is 12.7. The number of carbonyl (C=O) groups excluding carboxylic acids is 1. The van der Waals surface area contributed by atoms with Crippen LogP contribution in [0.2, 0.25) is 0 Å². The van der Waals surface area contributed by atoms with E-state index < -0.39 is 0 Å². The van der Waals surface area contributed by atoms with Crippen molar-refractivity contribution in [1.29, 1.82) is 0 Å². The van der Waals surface area contributed by atoms with Gasteiger partial charge in [0.15, 0.2) is 11.5 Å². The third-order valence-electron chi connectivity index (χ3n) is 4.79. The summed E-state index contributed by atoms with van der Waals surface area (Å²) in [5, 5.41) is 0.